The molecule has 156 valence electrons. The molecule has 2 fully saturated rings. The third-order valence-electron chi connectivity index (χ3n) is 5.94. The first-order chi connectivity index (χ1) is 14.2. The van der Waals surface area contributed by atoms with Gasteiger partial charge in [-0.25, -0.2) is 4.98 Å². The van der Waals surface area contributed by atoms with Crippen molar-refractivity contribution in [1.82, 2.24) is 9.88 Å². The van der Waals surface area contributed by atoms with Gasteiger partial charge in [-0.05, 0) is 30.9 Å². The standard InChI is InChI=1S/C21H27N3O5/c1-27-21-18(15-7-9-17(10-8-15)24(25)26)22-20(29-21)19(16-5-3-2-4-6-16)23-11-13-28-14-12-23/h7-10,16,19H,2-6,11-14H2,1H3. The van der Waals surface area contributed by atoms with Gasteiger partial charge in [-0.2, -0.15) is 0 Å². The van der Waals surface area contributed by atoms with Crippen LogP contribution in [0.1, 0.15) is 44.0 Å². The highest BCUT2D eigenvalue weighted by atomic mass is 16.6. The molecule has 0 spiro atoms. The van der Waals surface area contributed by atoms with E-state index in [2.05, 4.69) is 4.90 Å². The Morgan fingerprint density at radius 1 is 1.17 bits per heavy atom. The van der Waals surface area contributed by atoms with Gasteiger partial charge in [0.15, 0.2) is 5.69 Å². The van der Waals surface area contributed by atoms with E-state index in [1.54, 1.807) is 19.2 Å². The Kier molecular flexibility index (Phi) is 6.10. The Morgan fingerprint density at radius 2 is 1.86 bits per heavy atom. The maximum atomic E-state index is 10.9. The minimum Gasteiger partial charge on any atom is -0.467 e. The van der Waals surface area contributed by atoms with Crippen LogP contribution >= 0.6 is 0 Å². The second-order valence-electron chi connectivity index (χ2n) is 7.69. The van der Waals surface area contributed by atoms with Crippen molar-refractivity contribution in [2.45, 2.75) is 38.1 Å². The number of ether oxygens (including phenoxy) is 2. The van der Waals surface area contributed by atoms with Gasteiger partial charge in [0.1, 0.15) is 0 Å². The second-order valence-corrected chi connectivity index (χ2v) is 7.69. The summed E-state index contributed by atoms with van der Waals surface area (Å²) in [7, 11) is 1.56. The highest BCUT2D eigenvalue weighted by Crippen LogP contribution is 2.42. The fraction of sp³-hybridized carbons (Fsp3) is 0.571. The van der Waals surface area contributed by atoms with E-state index >= 15 is 0 Å². The molecule has 0 N–H and O–H groups in total. The summed E-state index contributed by atoms with van der Waals surface area (Å²) in [6.07, 6.45) is 6.09. The second kappa shape index (κ2) is 8.92. The average molecular weight is 401 g/mol. The van der Waals surface area contributed by atoms with Crippen LogP contribution in [0.25, 0.3) is 11.3 Å². The lowest BCUT2D eigenvalue weighted by molar-refractivity contribution is -0.384. The first-order valence-corrected chi connectivity index (χ1v) is 10.3. The molecule has 1 aliphatic carbocycles. The highest BCUT2D eigenvalue weighted by molar-refractivity contribution is 5.65. The van der Waals surface area contributed by atoms with Gasteiger partial charge in [0, 0.05) is 30.8 Å². The summed E-state index contributed by atoms with van der Waals surface area (Å²) in [5.41, 5.74) is 1.38. The molecule has 1 aromatic carbocycles. The van der Waals surface area contributed by atoms with E-state index in [0.717, 1.165) is 31.9 Å². The highest BCUT2D eigenvalue weighted by Gasteiger charge is 2.35. The van der Waals surface area contributed by atoms with Gasteiger partial charge >= 0.3 is 5.95 Å². The molecule has 29 heavy (non-hydrogen) atoms. The molecule has 0 bridgehead atoms. The van der Waals surface area contributed by atoms with Crippen molar-refractivity contribution in [3.8, 4) is 17.2 Å². The zero-order valence-corrected chi connectivity index (χ0v) is 16.7. The van der Waals surface area contributed by atoms with Crippen LogP contribution in [0.15, 0.2) is 28.7 Å². The summed E-state index contributed by atoms with van der Waals surface area (Å²) < 4.78 is 17.1. The topological polar surface area (TPSA) is 90.9 Å². The maximum Gasteiger partial charge on any atom is 0.313 e. The van der Waals surface area contributed by atoms with Crippen LogP contribution in [0.3, 0.4) is 0 Å². The molecule has 2 aliphatic rings. The summed E-state index contributed by atoms with van der Waals surface area (Å²) >= 11 is 0. The maximum absolute atomic E-state index is 10.9. The molecule has 4 rings (SSSR count). The van der Waals surface area contributed by atoms with Crippen LogP contribution in [0.4, 0.5) is 5.69 Å². The Bertz CT molecular complexity index is 805. The Balaban J connectivity index is 1.68. The van der Waals surface area contributed by atoms with Gasteiger partial charge in [0.2, 0.25) is 5.89 Å². The summed E-state index contributed by atoms with van der Waals surface area (Å²) in [4.78, 5) is 17.8. The molecule has 1 aromatic heterocycles. The SMILES string of the molecule is COc1oc(C(C2CCCCC2)N2CCOCC2)nc1-c1ccc([N+](=O)[O-])cc1. The monoisotopic (exact) mass is 401 g/mol. The lowest BCUT2D eigenvalue weighted by atomic mass is 9.83. The molecule has 1 saturated carbocycles. The lowest BCUT2D eigenvalue weighted by Crippen LogP contribution is -2.42. The van der Waals surface area contributed by atoms with E-state index in [4.69, 9.17) is 18.9 Å². The van der Waals surface area contributed by atoms with Gasteiger partial charge in [0.05, 0.1) is 31.3 Å². The lowest BCUT2D eigenvalue weighted by Gasteiger charge is -2.38. The number of hydrogen-bond acceptors (Lipinski definition) is 7. The van der Waals surface area contributed by atoms with Gasteiger partial charge in [-0.15, -0.1) is 0 Å². The number of nitro benzene ring substituents is 1. The molecule has 1 saturated heterocycles. The molecule has 2 heterocycles. The molecule has 8 nitrogen and oxygen atoms in total. The molecular formula is C21H27N3O5. The van der Waals surface area contributed by atoms with Crippen LogP contribution in [0.5, 0.6) is 5.95 Å². The third kappa shape index (κ3) is 4.28. The number of nitro groups is 1. The normalized spacial score (nSPS) is 19.8. The summed E-state index contributed by atoms with van der Waals surface area (Å²) in [5, 5.41) is 10.9. The summed E-state index contributed by atoms with van der Waals surface area (Å²) in [5.74, 6) is 1.52. The Morgan fingerprint density at radius 3 is 2.48 bits per heavy atom. The van der Waals surface area contributed by atoms with Crippen molar-refractivity contribution < 1.29 is 18.8 Å². The van der Waals surface area contributed by atoms with Crippen LogP contribution in [-0.4, -0.2) is 48.2 Å². The Hall–Kier alpha value is -2.45. The minimum absolute atomic E-state index is 0.0461. The van der Waals surface area contributed by atoms with Crippen LogP contribution in [0, 0.1) is 16.0 Å². The van der Waals surface area contributed by atoms with Gasteiger partial charge in [-0.1, -0.05) is 19.3 Å². The van der Waals surface area contributed by atoms with E-state index < -0.39 is 4.92 Å². The van der Waals surface area contributed by atoms with E-state index in [1.807, 2.05) is 0 Å². The van der Waals surface area contributed by atoms with Crippen molar-refractivity contribution in [3.63, 3.8) is 0 Å². The number of methoxy groups -OCH3 is 1. The molecular weight excluding hydrogens is 374 g/mol. The number of aromatic nitrogens is 1. The van der Waals surface area contributed by atoms with E-state index in [-0.39, 0.29) is 11.7 Å². The number of non-ortho nitro benzene ring substituents is 1. The first-order valence-electron chi connectivity index (χ1n) is 10.3. The van der Waals surface area contributed by atoms with Crippen molar-refractivity contribution in [1.29, 1.82) is 0 Å². The van der Waals surface area contributed by atoms with Crippen molar-refractivity contribution >= 4 is 5.69 Å². The minimum atomic E-state index is -0.410. The van der Waals surface area contributed by atoms with E-state index in [9.17, 15) is 10.1 Å². The van der Waals surface area contributed by atoms with Crippen molar-refractivity contribution in [2.75, 3.05) is 33.4 Å². The number of benzene rings is 1. The van der Waals surface area contributed by atoms with Crippen LogP contribution in [0.2, 0.25) is 0 Å². The Labute approximate surface area is 170 Å². The fourth-order valence-electron chi connectivity index (χ4n) is 4.47. The molecule has 1 aliphatic heterocycles. The quantitative estimate of drug-likeness (QED) is 0.529. The first kappa shape index (κ1) is 19.8. The average Bonchev–Trinajstić information content (AvgIpc) is 3.19. The number of nitrogens with zero attached hydrogens (tertiary/aromatic N) is 3. The number of hydrogen-bond donors (Lipinski definition) is 0. The summed E-state index contributed by atoms with van der Waals surface area (Å²) in [6, 6.07) is 6.42. The third-order valence-corrected chi connectivity index (χ3v) is 5.94. The largest absolute Gasteiger partial charge is 0.467 e. The van der Waals surface area contributed by atoms with Crippen LogP contribution < -0.4 is 4.74 Å². The zero-order chi connectivity index (χ0) is 20.2. The predicted molar refractivity (Wildman–Crippen MR) is 107 cm³/mol. The van der Waals surface area contributed by atoms with Gasteiger partial charge in [0.25, 0.3) is 5.69 Å². The predicted octanol–water partition coefficient (Wildman–Crippen LogP) is 4.21. The van der Waals surface area contributed by atoms with E-state index in [1.165, 1.54) is 44.2 Å². The number of oxazole rings is 1. The molecule has 1 unspecified atom stereocenters. The zero-order valence-electron chi connectivity index (χ0n) is 16.7. The molecule has 0 radical (unpaired) electrons. The number of morpholine rings is 1. The molecule has 0 amide bonds. The molecule has 8 heteroatoms. The van der Waals surface area contributed by atoms with Gasteiger partial charge < -0.3 is 13.9 Å². The van der Waals surface area contributed by atoms with Crippen molar-refractivity contribution in [2.24, 2.45) is 5.92 Å². The summed E-state index contributed by atoms with van der Waals surface area (Å²) in [6.45, 7) is 3.16. The smallest absolute Gasteiger partial charge is 0.313 e. The van der Waals surface area contributed by atoms with Crippen LogP contribution in [-0.2, 0) is 4.74 Å². The number of rotatable bonds is 6. The van der Waals surface area contributed by atoms with Gasteiger partial charge in [-0.3, -0.25) is 15.0 Å². The fourth-order valence-corrected chi connectivity index (χ4v) is 4.47. The van der Waals surface area contributed by atoms with E-state index in [0.29, 0.717) is 23.4 Å². The molecule has 2 aromatic rings. The molecule has 1 atom stereocenters. The van der Waals surface area contributed by atoms with Crippen molar-refractivity contribution in [3.05, 3.63) is 40.3 Å².